The van der Waals surface area contributed by atoms with Gasteiger partial charge in [-0.3, -0.25) is 4.79 Å². The van der Waals surface area contributed by atoms with Gasteiger partial charge in [0.15, 0.2) is 10.9 Å². The van der Waals surface area contributed by atoms with E-state index in [0.29, 0.717) is 35.3 Å². The summed E-state index contributed by atoms with van der Waals surface area (Å²) in [7, 11) is 0. The number of aryl methyl sites for hydroxylation is 2. The number of halogens is 1. The fraction of sp³-hybridized carbons (Fsp3) is 0.192. The van der Waals surface area contributed by atoms with Gasteiger partial charge in [-0.05, 0) is 62.2 Å². The van der Waals surface area contributed by atoms with Gasteiger partial charge in [-0.2, -0.15) is 0 Å². The summed E-state index contributed by atoms with van der Waals surface area (Å²) in [5.41, 5.74) is 5.33. The molecule has 10 heteroatoms. The minimum atomic E-state index is -0.353. The molecule has 5 aromatic rings. The van der Waals surface area contributed by atoms with Crippen LogP contribution in [0.2, 0.25) is 0 Å². The molecule has 0 unspecified atom stereocenters. The van der Waals surface area contributed by atoms with Crippen LogP contribution >= 0.6 is 11.8 Å². The molecular weight excluding hydrogens is 477 g/mol. The molecule has 3 aromatic heterocycles. The molecule has 36 heavy (non-hydrogen) atoms. The lowest BCUT2D eigenvalue weighted by Crippen LogP contribution is -2.27. The summed E-state index contributed by atoms with van der Waals surface area (Å²) in [4.78, 5) is 25.3. The average molecular weight is 502 g/mol. The van der Waals surface area contributed by atoms with Crippen molar-refractivity contribution in [1.29, 1.82) is 0 Å². The highest BCUT2D eigenvalue weighted by atomic mass is 32.2. The van der Waals surface area contributed by atoms with Crippen molar-refractivity contribution < 1.29 is 9.18 Å². The van der Waals surface area contributed by atoms with E-state index in [9.17, 15) is 9.18 Å². The quantitative estimate of drug-likeness (QED) is 0.239. The van der Waals surface area contributed by atoms with Crippen LogP contribution in [0.15, 0.2) is 66.0 Å². The van der Waals surface area contributed by atoms with Crippen molar-refractivity contribution in [1.82, 2.24) is 35.3 Å². The molecule has 0 aliphatic rings. The summed E-state index contributed by atoms with van der Waals surface area (Å²) in [5, 5.41) is 13.1. The maximum atomic E-state index is 13.5. The van der Waals surface area contributed by atoms with E-state index in [1.807, 2.05) is 44.3 Å². The van der Waals surface area contributed by atoms with Gasteiger partial charge in [-0.25, -0.2) is 19.0 Å². The molecule has 0 aliphatic heterocycles. The Kier molecular flexibility index (Phi) is 6.77. The van der Waals surface area contributed by atoms with E-state index < -0.39 is 0 Å². The summed E-state index contributed by atoms with van der Waals surface area (Å²) in [6.07, 6.45) is 2.63. The number of H-pyrrole nitrogens is 1. The smallest absolute Gasteiger partial charge is 0.273 e. The Morgan fingerprint density at radius 1 is 1.08 bits per heavy atom. The van der Waals surface area contributed by atoms with Crippen LogP contribution in [0.25, 0.3) is 16.6 Å². The standard InChI is InChI=1S/C26H24FN7OS/c1-16-13-17(2)31-26(30-16)36-15-23-24(32-33-34(23)20-9-7-19(27)8-10-20)25(35)28-12-11-18-14-29-22-6-4-3-5-21(18)22/h3-10,13-14,29H,11-12,15H2,1-2H3,(H,28,35). The minimum Gasteiger partial charge on any atom is -0.361 e. The minimum absolute atomic E-state index is 0.218. The molecule has 0 fully saturated rings. The predicted octanol–water partition coefficient (Wildman–Crippen LogP) is 4.56. The zero-order valence-electron chi connectivity index (χ0n) is 19.8. The first-order chi connectivity index (χ1) is 17.5. The van der Waals surface area contributed by atoms with Crippen LogP contribution in [0.3, 0.4) is 0 Å². The van der Waals surface area contributed by atoms with E-state index in [-0.39, 0.29) is 17.4 Å². The predicted molar refractivity (Wildman–Crippen MR) is 137 cm³/mol. The summed E-state index contributed by atoms with van der Waals surface area (Å²) in [6, 6.07) is 15.9. The van der Waals surface area contributed by atoms with Crippen molar-refractivity contribution in [3.63, 3.8) is 0 Å². The SMILES string of the molecule is Cc1cc(C)nc(SCc2c(C(=O)NCCc3c[nH]c4ccccc34)nnn2-c2ccc(F)cc2)n1. The van der Waals surface area contributed by atoms with Crippen molar-refractivity contribution >= 4 is 28.6 Å². The largest absolute Gasteiger partial charge is 0.361 e. The van der Waals surface area contributed by atoms with Crippen molar-refractivity contribution in [2.45, 2.75) is 31.2 Å². The second-order valence-electron chi connectivity index (χ2n) is 8.36. The van der Waals surface area contributed by atoms with Gasteiger partial charge in [-0.1, -0.05) is 35.2 Å². The van der Waals surface area contributed by atoms with E-state index in [1.54, 1.807) is 16.8 Å². The van der Waals surface area contributed by atoms with Crippen molar-refractivity contribution in [2.24, 2.45) is 0 Å². The summed E-state index contributed by atoms with van der Waals surface area (Å²) >= 11 is 1.39. The van der Waals surface area contributed by atoms with E-state index in [1.165, 1.54) is 23.9 Å². The molecule has 2 aromatic carbocycles. The average Bonchev–Trinajstić information content (AvgIpc) is 3.47. The third kappa shape index (κ3) is 5.13. The molecule has 1 amide bonds. The lowest BCUT2D eigenvalue weighted by molar-refractivity contribution is 0.0948. The number of aromatic amines is 1. The van der Waals surface area contributed by atoms with Gasteiger partial charge in [0, 0.05) is 40.8 Å². The normalized spacial score (nSPS) is 11.2. The number of rotatable bonds is 8. The highest BCUT2D eigenvalue weighted by Gasteiger charge is 2.21. The molecule has 182 valence electrons. The number of carbonyl (C=O) groups excluding carboxylic acids is 1. The molecule has 0 spiro atoms. The van der Waals surface area contributed by atoms with Crippen LogP contribution < -0.4 is 5.32 Å². The molecule has 3 heterocycles. The van der Waals surface area contributed by atoms with E-state index in [0.717, 1.165) is 27.9 Å². The van der Waals surface area contributed by atoms with Gasteiger partial charge in [0.2, 0.25) is 0 Å². The number of thioether (sulfide) groups is 1. The number of hydrogen-bond donors (Lipinski definition) is 2. The van der Waals surface area contributed by atoms with Crippen molar-refractivity contribution in [3.8, 4) is 5.69 Å². The van der Waals surface area contributed by atoms with E-state index >= 15 is 0 Å². The number of benzene rings is 2. The number of nitrogens with zero attached hydrogens (tertiary/aromatic N) is 5. The maximum absolute atomic E-state index is 13.5. The Hall–Kier alpha value is -4.05. The second-order valence-corrected chi connectivity index (χ2v) is 9.30. The molecule has 0 atom stereocenters. The zero-order valence-corrected chi connectivity index (χ0v) is 20.6. The molecular formula is C26H24FN7OS. The Labute approximate surface area is 211 Å². The second kappa shape index (κ2) is 10.3. The van der Waals surface area contributed by atoms with Gasteiger partial charge in [0.1, 0.15) is 5.82 Å². The van der Waals surface area contributed by atoms with Crippen LogP contribution in [0.5, 0.6) is 0 Å². The topological polar surface area (TPSA) is 101 Å². The first kappa shape index (κ1) is 23.7. The van der Waals surface area contributed by atoms with Crippen LogP contribution in [-0.2, 0) is 12.2 Å². The van der Waals surface area contributed by atoms with Crippen LogP contribution in [0.1, 0.15) is 33.1 Å². The number of fused-ring (bicyclic) bond motifs is 1. The number of nitrogens with one attached hydrogen (secondary N) is 2. The first-order valence-corrected chi connectivity index (χ1v) is 12.5. The Morgan fingerprint density at radius 2 is 1.83 bits per heavy atom. The van der Waals surface area contributed by atoms with Gasteiger partial charge in [0.05, 0.1) is 11.4 Å². The van der Waals surface area contributed by atoms with Crippen molar-refractivity contribution in [2.75, 3.05) is 6.54 Å². The molecule has 8 nitrogen and oxygen atoms in total. The molecule has 0 aliphatic carbocycles. The summed E-state index contributed by atoms with van der Waals surface area (Å²) in [5.74, 6) is -0.313. The zero-order chi connectivity index (χ0) is 25.1. The highest BCUT2D eigenvalue weighted by molar-refractivity contribution is 7.98. The third-order valence-corrected chi connectivity index (χ3v) is 6.56. The van der Waals surface area contributed by atoms with Crippen LogP contribution in [0.4, 0.5) is 4.39 Å². The van der Waals surface area contributed by atoms with E-state index in [4.69, 9.17) is 0 Å². The van der Waals surface area contributed by atoms with Gasteiger partial charge in [-0.15, -0.1) is 5.10 Å². The molecule has 0 saturated carbocycles. The highest BCUT2D eigenvalue weighted by Crippen LogP contribution is 2.24. The third-order valence-electron chi connectivity index (χ3n) is 5.70. The van der Waals surface area contributed by atoms with Gasteiger partial charge >= 0.3 is 0 Å². The molecule has 0 radical (unpaired) electrons. The lowest BCUT2D eigenvalue weighted by atomic mass is 10.1. The number of amides is 1. The fourth-order valence-electron chi connectivity index (χ4n) is 4.02. The Morgan fingerprint density at radius 3 is 2.61 bits per heavy atom. The first-order valence-electron chi connectivity index (χ1n) is 11.5. The summed E-state index contributed by atoms with van der Waals surface area (Å²) < 4.78 is 15.1. The monoisotopic (exact) mass is 501 g/mol. The van der Waals surface area contributed by atoms with E-state index in [2.05, 4.69) is 36.6 Å². The van der Waals surface area contributed by atoms with Crippen LogP contribution in [0, 0.1) is 19.7 Å². The Balaban J connectivity index is 1.36. The summed E-state index contributed by atoms with van der Waals surface area (Å²) in [6.45, 7) is 4.27. The Bertz CT molecular complexity index is 1510. The van der Waals surface area contributed by atoms with Gasteiger partial charge < -0.3 is 10.3 Å². The maximum Gasteiger partial charge on any atom is 0.273 e. The molecule has 0 bridgehead atoms. The fourth-order valence-corrected chi connectivity index (χ4v) is 4.96. The van der Waals surface area contributed by atoms with Crippen LogP contribution in [-0.4, -0.2) is 42.4 Å². The molecule has 2 N–H and O–H groups in total. The molecule has 0 saturated heterocycles. The number of para-hydroxylation sites is 1. The van der Waals surface area contributed by atoms with Crippen molar-refractivity contribution in [3.05, 3.63) is 95.0 Å². The number of carbonyl (C=O) groups is 1. The number of aromatic nitrogens is 6. The lowest BCUT2D eigenvalue weighted by Gasteiger charge is -2.09. The van der Waals surface area contributed by atoms with Gasteiger partial charge in [0.25, 0.3) is 5.91 Å². The molecule has 5 rings (SSSR count). The number of hydrogen-bond acceptors (Lipinski definition) is 6.